The zero-order valence-corrected chi connectivity index (χ0v) is 18.8. The van der Waals surface area contributed by atoms with E-state index in [0.29, 0.717) is 5.69 Å². The first-order chi connectivity index (χ1) is 15.7. The number of anilines is 1. The highest BCUT2D eigenvalue weighted by Crippen LogP contribution is 2.29. The van der Waals surface area contributed by atoms with Gasteiger partial charge in [0.2, 0.25) is 15.7 Å². The van der Waals surface area contributed by atoms with Gasteiger partial charge in [0.1, 0.15) is 11.5 Å². The summed E-state index contributed by atoms with van der Waals surface area (Å²) >= 11 is 1.41. The standard InChI is InChI=1S/C20H19F2N5O4S2/c1-11-9-17(28)25-20(23-11)27-16(10-13(26-27)14-6-4-8-32-14)24-18(29)12-5-2-3-7-15(12)33(30,31)19(21)22/h2-8,10-11,19-20,23H,9H2,1H3,(H,24,29)(H,25,28). The van der Waals surface area contributed by atoms with Crippen LogP contribution in [0.15, 0.2) is 52.7 Å². The van der Waals surface area contributed by atoms with E-state index in [1.54, 1.807) is 6.07 Å². The quantitative estimate of drug-likeness (QED) is 0.484. The van der Waals surface area contributed by atoms with Gasteiger partial charge in [-0.25, -0.2) is 13.1 Å². The molecule has 1 aliphatic rings. The first-order valence-electron chi connectivity index (χ1n) is 9.78. The fourth-order valence-electron chi connectivity index (χ4n) is 3.40. The number of aromatic nitrogens is 2. The molecule has 4 rings (SSSR count). The number of nitrogens with zero attached hydrogens (tertiary/aromatic N) is 2. The smallest absolute Gasteiger partial charge is 0.322 e. The van der Waals surface area contributed by atoms with Gasteiger partial charge in [0.15, 0.2) is 6.29 Å². The van der Waals surface area contributed by atoms with Gasteiger partial charge in [-0.1, -0.05) is 18.2 Å². The van der Waals surface area contributed by atoms with Crippen molar-refractivity contribution in [3.63, 3.8) is 0 Å². The first-order valence-corrected chi connectivity index (χ1v) is 12.2. The second kappa shape index (κ2) is 9.00. The SMILES string of the molecule is CC1CC(=O)NC(n2nc(-c3cccs3)cc2NC(=O)c2ccccc2S(=O)(=O)C(F)F)N1. The number of nitrogens with one attached hydrogen (secondary N) is 3. The van der Waals surface area contributed by atoms with E-state index in [-0.39, 0.29) is 24.2 Å². The number of amides is 2. The highest BCUT2D eigenvalue weighted by atomic mass is 32.2. The van der Waals surface area contributed by atoms with Crippen molar-refractivity contribution in [1.82, 2.24) is 20.4 Å². The van der Waals surface area contributed by atoms with Gasteiger partial charge >= 0.3 is 5.76 Å². The van der Waals surface area contributed by atoms with Crippen molar-refractivity contribution < 1.29 is 26.8 Å². The molecular weight excluding hydrogens is 476 g/mol. The summed E-state index contributed by atoms with van der Waals surface area (Å²) in [6, 6.07) is 9.77. The topological polar surface area (TPSA) is 122 Å². The summed E-state index contributed by atoms with van der Waals surface area (Å²) in [5.41, 5.74) is 0.0697. The van der Waals surface area contributed by atoms with Crippen LogP contribution >= 0.6 is 11.3 Å². The second-order valence-electron chi connectivity index (χ2n) is 7.33. The summed E-state index contributed by atoms with van der Waals surface area (Å²) in [4.78, 5) is 25.1. The molecule has 3 N–H and O–H groups in total. The molecule has 1 aliphatic heterocycles. The van der Waals surface area contributed by atoms with Gasteiger partial charge < -0.3 is 10.6 Å². The highest BCUT2D eigenvalue weighted by Gasteiger charge is 2.32. The lowest BCUT2D eigenvalue weighted by Gasteiger charge is -2.30. The number of hydrogen-bond donors (Lipinski definition) is 3. The van der Waals surface area contributed by atoms with Crippen molar-refractivity contribution in [2.75, 3.05) is 5.32 Å². The van der Waals surface area contributed by atoms with Crippen LogP contribution in [0.3, 0.4) is 0 Å². The van der Waals surface area contributed by atoms with Gasteiger partial charge in [-0.05, 0) is 30.5 Å². The van der Waals surface area contributed by atoms with Gasteiger partial charge in [-0.15, -0.1) is 11.3 Å². The van der Waals surface area contributed by atoms with E-state index in [9.17, 15) is 26.8 Å². The maximum atomic E-state index is 13.1. The largest absolute Gasteiger partial charge is 0.341 e. The molecule has 2 amide bonds. The van der Waals surface area contributed by atoms with Gasteiger partial charge in [0.05, 0.1) is 15.3 Å². The summed E-state index contributed by atoms with van der Waals surface area (Å²) in [6.07, 6.45) is -0.527. The first kappa shape index (κ1) is 23.0. The van der Waals surface area contributed by atoms with Crippen LogP contribution < -0.4 is 16.0 Å². The zero-order chi connectivity index (χ0) is 23.8. The molecule has 1 fully saturated rings. The Morgan fingerprint density at radius 3 is 2.70 bits per heavy atom. The van der Waals surface area contributed by atoms with Crippen LogP contribution in [-0.2, 0) is 14.6 Å². The molecule has 2 atom stereocenters. The predicted molar refractivity (Wildman–Crippen MR) is 118 cm³/mol. The average Bonchev–Trinajstić information content (AvgIpc) is 3.43. The summed E-state index contributed by atoms with van der Waals surface area (Å²) in [5.74, 6) is -4.67. The van der Waals surface area contributed by atoms with E-state index in [4.69, 9.17) is 0 Å². The molecule has 0 bridgehead atoms. The second-order valence-corrected chi connectivity index (χ2v) is 10.2. The van der Waals surface area contributed by atoms with Gasteiger partial charge in [-0.2, -0.15) is 13.9 Å². The number of hydrogen-bond acceptors (Lipinski definition) is 7. The Labute approximate surface area is 191 Å². The molecule has 0 spiro atoms. The maximum absolute atomic E-state index is 13.1. The third-order valence-electron chi connectivity index (χ3n) is 4.90. The summed E-state index contributed by atoms with van der Waals surface area (Å²) in [6.45, 7) is 1.82. The summed E-state index contributed by atoms with van der Waals surface area (Å²) < 4.78 is 51.7. The third-order valence-corrected chi connectivity index (χ3v) is 7.23. The summed E-state index contributed by atoms with van der Waals surface area (Å²) in [5, 5.41) is 14.8. The molecule has 2 unspecified atom stereocenters. The molecule has 174 valence electrons. The molecule has 3 aromatic rings. The molecule has 1 aromatic carbocycles. The Balaban J connectivity index is 1.73. The lowest BCUT2D eigenvalue weighted by Crippen LogP contribution is -2.52. The van der Waals surface area contributed by atoms with Crippen molar-refractivity contribution in [2.45, 2.75) is 36.3 Å². The normalized spacial score (nSPS) is 18.8. The van der Waals surface area contributed by atoms with Crippen molar-refractivity contribution in [2.24, 2.45) is 0 Å². The minimum absolute atomic E-state index is 0.138. The Hall–Kier alpha value is -3.16. The molecule has 13 heteroatoms. The minimum Gasteiger partial charge on any atom is -0.322 e. The van der Waals surface area contributed by atoms with Crippen molar-refractivity contribution in [3.8, 4) is 10.6 Å². The van der Waals surface area contributed by atoms with E-state index in [0.717, 1.165) is 17.0 Å². The number of carbonyl (C=O) groups is 2. The summed E-state index contributed by atoms with van der Waals surface area (Å²) in [7, 11) is -5.00. The van der Waals surface area contributed by atoms with Crippen LogP contribution in [0.4, 0.5) is 14.6 Å². The van der Waals surface area contributed by atoms with Gasteiger partial charge in [-0.3, -0.25) is 14.9 Å². The Bertz CT molecular complexity index is 1290. The van der Waals surface area contributed by atoms with Crippen LogP contribution in [0.2, 0.25) is 0 Å². The highest BCUT2D eigenvalue weighted by molar-refractivity contribution is 7.91. The number of carbonyl (C=O) groups excluding carboxylic acids is 2. The van der Waals surface area contributed by atoms with Crippen LogP contribution in [0, 0.1) is 0 Å². The molecule has 0 radical (unpaired) electrons. The monoisotopic (exact) mass is 495 g/mol. The Morgan fingerprint density at radius 2 is 2.03 bits per heavy atom. The molecule has 33 heavy (non-hydrogen) atoms. The average molecular weight is 496 g/mol. The maximum Gasteiger partial charge on any atom is 0.341 e. The number of rotatable bonds is 6. The third kappa shape index (κ3) is 4.65. The molecule has 9 nitrogen and oxygen atoms in total. The van der Waals surface area contributed by atoms with Gasteiger partial charge in [0, 0.05) is 18.5 Å². The van der Waals surface area contributed by atoms with Crippen LogP contribution in [0.25, 0.3) is 10.6 Å². The molecule has 0 aliphatic carbocycles. The molecule has 3 heterocycles. The molecule has 2 aromatic heterocycles. The van der Waals surface area contributed by atoms with E-state index < -0.39 is 38.3 Å². The lowest BCUT2D eigenvalue weighted by molar-refractivity contribution is -0.125. The number of benzene rings is 1. The Kier molecular flexibility index (Phi) is 6.28. The van der Waals surface area contributed by atoms with Crippen molar-refractivity contribution >= 4 is 38.8 Å². The van der Waals surface area contributed by atoms with Crippen LogP contribution in [0.1, 0.15) is 30.0 Å². The molecular formula is C20H19F2N5O4S2. The van der Waals surface area contributed by atoms with Crippen LogP contribution in [0.5, 0.6) is 0 Å². The number of alkyl halides is 2. The molecule has 1 saturated heterocycles. The van der Waals surface area contributed by atoms with E-state index in [2.05, 4.69) is 21.0 Å². The fraction of sp³-hybridized carbons (Fsp3) is 0.250. The van der Waals surface area contributed by atoms with Crippen LogP contribution in [-0.4, -0.2) is 41.8 Å². The number of sulfone groups is 1. The van der Waals surface area contributed by atoms with E-state index >= 15 is 0 Å². The van der Waals surface area contributed by atoms with Crippen molar-refractivity contribution in [3.05, 3.63) is 53.4 Å². The number of halogens is 2. The van der Waals surface area contributed by atoms with Gasteiger partial charge in [0.25, 0.3) is 5.91 Å². The zero-order valence-electron chi connectivity index (χ0n) is 17.2. The number of thiophene rings is 1. The fourth-order valence-corrected chi connectivity index (χ4v) is 5.01. The van der Waals surface area contributed by atoms with E-state index in [1.165, 1.54) is 28.2 Å². The molecule has 0 saturated carbocycles. The Morgan fingerprint density at radius 1 is 1.27 bits per heavy atom. The van der Waals surface area contributed by atoms with E-state index in [1.807, 2.05) is 24.4 Å². The lowest BCUT2D eigenvalue weighted by atomic mass is 10.2. The predicted octanol–water partition coefficient (Wildman–Crippen LogP) is 2.81. The minimum atomic E-state index is -5.00. The van der Waals surface area contributed by atoms with Crippen molar-refractivity contribution in [1.29, 1.82) is 0 Å².